The molecule has 1 aromatic heterocycles. The molecule has 3 rings (SSSR count). The summed E-state index contributed by atoms with van der Waals surface area (Å²) < 4.78 is 6.48. The van der Waals surface area contributed by atoms with Gasteiger partial charge in [-0.15, -0.1) is 0 Å². The van der Waals surface area contributed by atoms with E-state index in [4.69, 9.17) is 10.5 Å². The molecule has 3 aromatic rings. The smallest absolute Gasteiger partial charge is 0.119 e. The van der Waals surface area contributed by atoms with E-state index in [1.54, 1.807) is 7.11 Å². The Morgan fingerprint density at radius 1 is 1.09 bits per heavy atom. The van der Waals surface area contributed by atoms with Gasteiger partial charge in [-0.25, -0.2) is 0 Å². The van der Waals surface area contributed by atoms with Crippen molar-refractivity contribution in [3.05, 3.63) is 52.5 Å². The lowest BCUT2D eigenvalue weighted by Gasteiger charge is -2.06. The van der Waals surface area contributed by atoms with Crippen LogP contribution in [0.1, 0.15) is 18.4 Å². The van der Waals surface area contributed by atoms with Gasteiger partial charge in [0, 0.05) is 21.1 Å². The maximum Gasteiger partial charge on any atom is 0.119 e. The van der Waals surface area contributed by atoms with Crippen molar-refractivity contribution in [1.82, 2.24) is 4.98 Å². The quantitative estimate of drug-likeness (QED) is 0.605. The summed E-state index contributed by atoms with van der Waals surface area (Å²) in [6.45, 7) is 0.735. The van der Waals surface area contributed by atoms with Crippen LogP contribution in [-0.4, -0.2) is 18.6 Å². The normalized spacial score (nSPS) is 11.1. The third-order valence-electron chi connectivity index (χ3n) is 4.13. The minimum atomic E-state index is 0.735. The molecule has 4 heteroatoms. The van der Waals surface area contributed by atoms with E-state index >= 15 is 0 Å². The minimum Gasteiger partial charge on any atom is -0.497 e. The topological polar surface area (TPSA) is 51.0 Å². The number of fused-ring (bicyclic) bond motifs is 1. The summed E-state index contributed by atoms with van der Waals surface area (Å²) >= 11 is 3.50. The molecule has 3 N–H and O–H groups in total. The first kappa shape index (κ1) is 16.1. The van der Waals surface area contributed by atoms with Gasteiger partial charge in [0.1, 0.15) is 5.75 Å². The molecule has 0 spiro atoms. The molecule has 120 valence electrons. The fraction of sp³-hybridized carbons (Fsp3) is 0.263. The number of unbranched alkanes of at least 4 members (excludes halogenated alkanes) is 1. The van der Waals surface area contributed by atoms with Gasteiger partial charge >= 0.3 is 0 Å². The number of aromatic amines is 1. The summed E-state index contributed by atoms with van der Waals surface area (Å²) in [6, 6.07) is 14.6. The van der Waals surface area contributed by atoms with Gasteiger partial charge in [-0.3, -0.25) is 0 Å². The van der Waals surface area contributed by atoms with Crippen molar-refractivity contribution in [3.63, 3.8) is 0 Å². The first-order valence-corrected chi connectivity index (χ1v) is 8.67. The van der Waals surface area contributed by atoms with E-state index in [2.05, 4.69) is 57.3 Å². The fourth-order valence-corrected chi connectivity index (χ4v) is 3.19. The molecule has 0 fully saturated rings. The van der Waals surface area contributed by atoms with E-state index in [1.165, 1.54) is 22.2 Å². The second-order valence-corrected chi connectivity index (χ2v) is 6.56. The number of aryl methyl sites for hydroxylation is 1. The molecule has 0 aliphatic rings. The van der Waals surface area contributed by atoms with Crippen molar-refractivity contribution in [2.75, 3.05) is 13.7 Å². The molecule has 3 nitrogen and oxygen atoms in total. The monoisotopic (exact) mass is 372 g/mol. The second-order valence-electron chi connectivity index (χ2n) is 5.64. The number of rotatable bonds is 6. The molecule has 2 aromatic carbocycles. The van der Waals surface area contributed by atoms with E-state index in [0.717, 1.165) is 41.5 Å². The third-order valence-corrected chi connectivity index (χ3v) is 4.66. The van der Waals surface area contributed by atoms with Crippen LogP contribution in [0.15, 0.2) is 46.9 Å². The van der Waals surface area contributed by atoms with Crippen molar-refractivity contribution >= 4 is 26.8 Å². The van der Waals surface area contributed by atoms with Crippen LogP contribution in [0.5, 0.6) is 5.75 Å². The molecule has 0 amide bonds. The van der Waals surface area contributed by atoms with Gasteiger partial charge in [0.25, 0.3) is 0 Å². The minimum absolute atomic E-state index is 0.735. The summed E-state index contributed by atoms with van der Waals surface area (Å²) in [5, 5.41) is 1.24. The van der Waals surface area contributed by atoms with Crippen molar-refractivity contribution in [1.29, 1.82) is 0 Å². The maximum atomic E-state index is 5.66. The number of H-pyrrole nitrogens is 1. The highest BCUT2D eigenvalue weighted by Crippen LogP contribution is 2.34. The zero-order valence-corrected chi connectivity index (χ0v) is 14.8. The lowest BCUT2D eigenvalue weighted by molar-refractivity contribution is 0.415. The number of methoxy groups -OCH3 is 1. The summed E-state index contributed by atoms with van der Waals surface area (Å²) in [5.41, 5.74) is 10.5. The zero-order chi connectivity index (χ0) is 16.2. The predicted molar refractivity (Wildman–Crippen MR) is 100.0 cm³/mol. The second kappa shape index (κ2) is 7.20. The predicted octanol–water partition coefficient (Wildman–Crippen LogP) is 4.89. The van der Waals surface area contributed by atoms with E-state index in [9.17, 15) is 0 Å². The highest BCUT2D eigenvalue weighted by Gasteiger charge is 2.13. The van der Waals surface area contributed by atoms with Gasteiger partial charge in [0.15, 0.2) is 0 Å². The Kier molecular flexibility index (Phi) is 5.03. The van der Waals surface area contributed by atoms with E-state index < -0.39 is 0 Å². The van der Waals surface area contributed by atoms with Crippen LogP contribution >= 0.6 is 15.9 Å². The molecule has 0 aliphatic heterocycles. The third kappa shape index (κ3) is 3.43. The maximum absolute atomic E-state index is 5.66. The van der Waals surface area contributed by atoms with Crippen LogP contribution in [-0.2, 0) is 6.42 Å². The van der Waals surface area contributed by atoms with Gasteiger partial charge in [0.05, 0.1) is 7.11 Å². The van der Waals surface area contributed by atoms with Crippen LogP contribution in [0.3, 0.4) is 0 Å². The molecular formula is C19H21BrN2O. The van der Waals surface area contributed by atoms with Crippen molar-refractivity contribution < 1.29 is 4.74 Å². The molecule has 0 radical (unpaired) electrons. The van der Waals surface area contributed by atoms with Gasteiger partial charge in [-0.2, -0.15) is 0 Å². The number of aromatic nitrogens is 1. The average Bonchev–Trinajstić information content (AvgIpc) is 2.93. The number of benzene rings is 2. The van der Waals surface area contributed by atoms with Crippen molar-refractivity contribution in [3.8, 4) is 17.0 Å². The number of hydrogen-bond acceptors (Lipinski definition) is 2. The molecular weight excluding hydrogens is 352 g/mol. The number of hydrogen-bond donors (Lipinski definition) is 2. The Morgan fingerprint density at radius 3 is 2.57 bits per heavy atom. The first-order valence-electron chi connectivity index (χ1n) is 7.87. The zero-order valence-electron chi connectivity index (χ0n) is 13.2. The average molecular weight is 373 g/mol. The fourth-order valence-electron chi connectivity index (χ4n) is 2.92. The Morgan fingerprint density at radius 2 is 1.87 bits per heavy atom. The van der Waals surface area contributed by atoms with Gasteiger partial charge < -0.3 is 15.5 Å². The molecule has 0 atom stereocenters. The lowest BCUT2D eigenvalue weighted by Crippen LogP contribution is -1.99. The SMILES string of the molecule is COc1ccc2[nH]c(-c3ccc(Br)cc3)c(CCCCN)c2c1. The van der Waals surface area contributed by atoms with E-state index in [0.29, 0.717) is 0 Å². The van der Waals surface area contributed by atoms with Crippen LogP contribution in [0.4, 0.5) is 0 Å². The molecule has 0 unspecified atom stereocenters. The summed E-state index contributed by atoms with van der Waals surface area (Å²) in [7, 11) is 1.71. The van der Waals surface area contributed by atoms with Gasteiger partial charge in [-0.05, 0) is 67.3 Å². The van der Waals surface area contributed by atoms with Gasteiger partial charge in [-0.1, -0.05) is 28.1 Å². The number of halogens is 1. The number of nitrogens with two attached hydrogens (primary N) is 1. The number of nitrogens with one attached hydrogen (secondary N) is 1. The van der Waals surface area contributed by atoms with E-state index in [1.807, 2.05) is 6.07 Å². The summed E-state index contributed by atoms with van der Waals surface area (Å²) in [6.07, 6.45) is 3.14. The molecule has 0 bridgehead atoms. The highest BCUT2D eigenvalue weighted by molar-refractivity contribution is 9.10. The molecule has 23 heavy (non-hydrogen) atoms. The van der Waals surface area contributed by atoms with Crippen LogP contribution in [0.25, 0.3) is 22.2 Å². The molecule has 0 aliphatic carbocycles. The molecule has 0 saturated carbocycles. The lowest BCUT2D eigenvalue weighted by atomic mass is 10.0. The summed E-state index contributed by atoms with van der Waals surface area (Å²) in [5.74, 6) is 0.888. The van der Waals surface area contributed by atoms with Crippen molar-refractivity contribution in [2.24, 2.45) is 5.73 Å². The highest BCUT2D eigenvalue weighted by atomic mass is 79.9. The van der Waals surface area contributed by atoms with Crippen LogP contribution in [0.2, 0.25) is 0 Å². The first-order chi connectivity index (χ1) is 11.2. The Labute approximate surface area is 145 Å². The summed E-state index contributed by atoms with van der Waals surface area (Å²) in [4.78, 5) is 3.58. The van der Waals surface area contributed by atoms with Crippen LogP contribution < -0.4 is 10.5 Å². The van der Waals surface area contributed by atoms with Crippen LogP contribution in [0, 0.1) is 0 Å². The Balaban J connectivity index is 2.10. The molecule has 1 heterocycles. The Bertz CT molecular complexity index is 793. The van der Waals surface area contributed by atoms with E-state index in [-0.39, 0.29) is 0 Å². The Hall–Kier alpha value is -1.78. The molecule has 0 saturated heterocycles. The van der Waals surface area contributed by atoms with Gasteiger partial charge in [0.2, 0.25) is 0 Å². The number of ether oxygens (including phenoxy) is 1. The van der Waals surface area contributed by atoms with Crippen molar-refractivity contribution in [2.45, 2.75) is 19.3 Å². The standard InChI is InChI=1S/C19H21BrN2O/c1-23-15-9-10-18-17(12-15)16(4-2-3-11-21)19(22-18)13-5-7-14(20)8-6-13/h5-10,12,22H,2-4,11,21H2,1H3. The largest absolute Gasteiger partial charge is 0.497 e.